The average Bonchev–Trinajstić information content (AvgIpc) is 2.17. The minimum atomic E-state index is -0.599. The zero-order valence-electron chi connectivity index (χ0n) is 8.55. The van der Waals surface area contributed by atoms with Gasteiger partial charge in [-0.1, -0.05) is 6.92 Å². The van der Waals surface area contributed by atoms with Crippen molar-refractivity contribution in [3.05, 3.63) is 0 Å². The van der Waals surface area contributed by atoms with E-state index in [1.165, 1.54) is 0 Å². The Labute approximate surface area is 79.8 Å². The molecule has 0 radical (unpaired) electrons. The molecule has 1 atom stereocenters. The number of morpholine rings is 1. The molecule has 0 bridgehead atoms. The van der Waals surface area contributed by atoms with Gasteiger partial charge in [0.25, 0.3) is 0 Å². The predicted molar refractivity (Wildman–Crippen MR) is 51.3 cm³/mol. The predicted octanol–water partition coefficient (Wildman–Crippen LogP) is -0.0158. The molecule has 78 valence electrons. The molecule has 0 aliphatic carbocycles. The average molecular weight is 188 g/mol. The van der Waals surface area contributed by atoms with Gasteiger partial charge in [0, 0.05) is 19.6 Å². The zero-order valence-corrected chi connectivity index (χ0v) is 8.55. The summed E-state index contributed by atoms with van der Waals surface area (Å²) >= 11 is 0. The van der Waals surface area contributed by atoms with E-state index in [2.05, 4.69) is 10.4 Å². The van der Waals surface area contributed by atoms with Crippen molar-refractivity contribution in [2.24, 2.45) is 0 Å². The van der Waals surface area contributed by atoms with Crippen LogP contribution in [0.15, 0.2) is 0 Å². The van der Waals surface area contributed by atoms with Gasteiger partial charge in [0.15, 0.2) is 0 Å². The molecule has 1 unspecified atom stereocenters. The van der Waals surface area contributed by atoms with Gasteiger partial charge in [-0.25, -0.2) is 5.01 Å². The maximum Gasteiger partial charge on any atom is 0.0755 e. The van der Waals surface area contributed by atoms with Crippen molar-refractivity contribution in [2.75, 3.05) is 32.8 Å². The summed E-state index contributed by atoms with van der Waals surface area (Å²) < 4.78 is 5.21. The summed E-state index contributed by atoms with van der Waals surface area (Å²) in [4.78, 5) is 0. The van der Waals surface area contributed by atoms with Crippen LogP contribution in [0.5, 0.6) is 0 Å². The number of hydrogen-bond acceptors (Lipinski definition) is 4. The Balaban J connectivity index is 2.17. The molecular formula is C9H20N2O2. The molecule has 0 aromatic rings. The maximum absolute atomic E-state index is 9.73. The molecule has 0 amide bonds. The van der Waals surface area contributed by atoms with Gasteiger partial charge in [-0.15, -0.1) is 0 Å². The van der Waals surface area contributed by atoms with E-state index in [4.69, 9.17) is 4.74 Å². The summed E-state index contributed by atoms with van der Waals surface area (Å²) in [6.45, 7) is 7.81. The van der Waals surface area contributed by atoms with Crippen LogP contribution in [0, 0.1) is 0 Å². The molecule has 1 rings (SSSR count). The second kappa shape index (κ2) is 4.91. The SMILES string of the molecule is CCC(C)(O)CNN1CCOCC1. The monoisotopic (exact) mass is 188 g/mol. The lowest BCUT2D eigenvalue weighted by molar-refractivity contribution is -0.0164. The molecule has 0 aromatic heterocycles. The fraction of sp³-hybridized carbons (Fsp3) is 1.00. The van der Waals surface area contributed by atoms with Gasteiger partial charge < -0.3 is 9.84 Å². The molecule has 1 aliphatic heterocycles. The fourth-order valence-corrected chi connectivity index (χ4v) is 1.13. The fourth-order valence-electron chi connectivity index (χ4n) is 1.13. The summed E-state index contributed by atoms with van der Waals surface area (Å²) in [5.41, 5.74) is 2.62. The van der Waals surface area contributed by atoms with Crippen molar-refractivity contribution in [1.82, 2.24) is 10.4 Å². The van der Waals surface area contributed by atoms with Crippen molar-refractivity contribution < 1.29 is 9.84 Å². The molecule has 1 aliphatic rings. The Morgan fingerprint density at radius 1 is 1.46 bits per heavy atom. The van der Waals surface area contributed by atoms with Crippen LogP contribution in [-0.2, 0) is 4.74 Å². The Morgan fingerprint density at radius 2 is 2.08 bits per heavy atom. The van der Waals surface area contributed by atoms with Gasteiger partial charge in [-0.2, -0.15) is 0 Å². The molecular weight excluding hydrogens is 168 g/mol. The Bertz CT molecular complexity index is 145. The molecule has 0 saturated carbocycles. The third-order valence-electron chi connectivity index (χ3n) is 2.46. The highest BCUT2D eigenvalue weighted by molar-refractivity contribution is 4.73. The van der Waals surface area contributed by atoms with Crippen LogP contribution in [0.2, 0.25) is 0 Å². The van der Waals surface area contributed by atoms with Crippen molar-refractivity contribution >= 4 is 0 Å². The van der Waals surface area contributed by atoms with E-state index < -0.39 is 5.60 Å². The number of nitrogens with zero attached hydrogens (tertiary/aromatic N) is 1. The smallest absolute Gasteiger partial charge is 0.0755 e. The standard InChI is InChI=1S/C9H20N2O2/c1-3-9(2,12)8-10-11-4-6-13-7-5-11/h10,12H,3-8H2,1-2H3. The quantitative estimate of drug-likeness (QED) is 0.651. The lowest BCUT2D eigenvalue weighted by Gasteiger charge is -2.31. The summed E-state index contributed by atoms with van der Waals surface area (Å²) in [6.07, 6.45) is 0.768. The van der Waals surface area contributed by atoms with Crippen LogP contribution in [0.25, 0.3) is 0 Å². The van der Waals surface area contributed by atoms with E-state index in [1.54, 1.807) is 0 Å². The minimum absolute atomic E-state index is 0.599. The Morgan fingerprint density at radius 3 is 2.62 bits per heavy atom. The molecule has 0 spiro atoms. The lowest BCUT2D eigenvalue weighted by atomic mass is 10.1. The van der Waals surface area contributed by atoms with E-state index in [0.29, 0.717) is 6.54 Å². The van der Waals surface area contributed by atoms with Crippen LogP contribution in [0.3, 0.4) is 0 Å². The highest BCUT2D eigenvalue weighted by Crippen LogP contribution is 2.06. The first-order valence-electron chi connectivity index (χ1n) is 4.92. The molecule has 1 saturated heterocycles. The molecule has 13 heavy (non-hydrogen) atoms. The number of nitrogens with one attached hydrogen (secondary N) is 1. The van der Waals surface area contributed by atoms with E-state index >= 15 is 0 Å². The number of rotatable bonds is 4. The van der Waals surface area contributed by atoms with Crippen LogP contribution in [0.4, 0.5) is 0 Å². The van der Waals surface area contributed by atoms with E-state index in [-0.39, 0.29) is 0 Å². The third-order valence-corrected chi connectivity index (χ3v) is 2.46. The summed E-state index contributed by atoms with van der Waals surface area (Å²) in [7, 11) is 0. The van der Waals surface area contributed by atoms with Crippen LogP contribution < -0.4 is 5.43 Å². The lowest BCUT2D eigenvalue weighted by Crippen LogP contribution is -2.50. The molecule has 1 fully saturated rings. The summed E-state index contributed by atoms with van der Waals surface area (Å²) in [5.74, 6) is 0. The van der Waals surface area contributed by atoms with Crippen LogP contribution >= 0.6 is 0 Å². The van der Waals surface area contributed by atoms with Gasteiger partial charge in [-0.3, -0.25) is 5.43 Å². The highest BCUT2D eigenvalue weighted by atomic mass is 16.5. The van der Waals surface area contributed by atoms with Gasteiger partial charge in [0.2, 0.25) is 0 Å². The number of hydrogen-bond donors (Lipinski definition) is 2. The molecule has 4 nitrogen and oxygen atoms in total. The van der Waals surface area contributed by atoms with Gasteiger partial charge in [0.1, 0.15) is 0 Å². The summed E-state index contributed by atoms with van der Waals surface area (Å²) in [6, 6.07) is 0. The topological polar surface area (TPSA) is 44.7 Å². The molecule has 0 aromatic carbocycles. The van der Waals surface area contributed by atoms with Crippen molar-refractivity contribution in [1.29, 1.82) is 0 Å². The number of ether oxygens (including phenoxy) is 1. The van der Waals surface area contributed by atoms with E-state index in [1.807, 2.05) is 13.8 Å². The van der Waals surface area contributed by atoms with Gasteiger partial charge >= 0.3 is 0 Å². The van der Waals surface area contributed by atoms with Crippen molar-refractivity contribution in [3.63, 3.8) is 0 Å². The van der Waals surface area contributed by atoms with Crippen molar-refractivity contribution in [2.45, 2.75) is 25.9 Å². The second-order valence-electron chi connectivity index (χ2n) is 3.78. The number of hydrazine groups is 1. The van der Waals surface area contributed by atoms with Gasteiger partial charge in [-0.05, 0) is 13.3 Å². The maximum atomic E-state index is 9.73. The number of aliphatic hydroxyl groups is 1. The largest absolute Gasteiger partial charge is 0.389 e. The van der Waals surface area contributed by atoms with Gasteiger partial charge in [0.05, 0.1) is 18.8 Å². The molecule has 2 N–H and O–H groups in total. The zero-order chi connectivity index (χ0) is 9.73. The Kier molecular flexibility index (Phi) is 4.12. The van der Waals surface area contributed by atoms with E-state index in [0.717, 1.165) is 32.7 Å². The molecule has 4 heteroatoms. The first-order valence-corrected chi connectivity index (χ1v) is 4.92. The normalized spacial score (nSPS) is 24.2. The summed E-state index contributed by atoms with van der Waals surface area (Å²) in [5, 5.41) is 11.8. The first-order chi connectivity index (χ1) is 6.14. The second-order valence-corrected chi connectivity index (χ2v) is 3.78. The Hall–Kier alpha value is -0.160. The van der Waals surface area contributed by atoms with E-state index in [9.17, 15) is 5.11 Å². The third kappa shape index (κ3) is 4.04. The van der Waals surface area contributed by atoms with Crippen LogP contribution in [0.1, 0.15) is 20.3 Å². The molecule has 1 heterocycles. The van der Waals surface area contributed by atoms with Crippen molar-refractivity contribution in [3.8, 4) is 0 Å². The highest BCUT2D eigenvalue weighted by Gasteiger charge is 2.19. The minimum Gasteiger partial charge on any atom is -0.389 e. The first kappa shape index (κ1) is 10.9. The van der Waals surface area contributed by atoms with Crippen LogP contribution in [-0.4, -0.2) is 48.6 Å².